The molecule has 10 heavy (non-hydrogen) atoms. The van der Waals surface area contributed by atoms with Crippen LogP contribution in [0.1, 0.15) is 11.1 Å². The second-order valence-electron chi connectivity index (χ2n) is 2.24. The second-order valence-corrected chi connectivity index (χ2v) is 2.24. The van der Waals surface area contributed by atoms with Gasteiger partial charge in [-0.05, 0) is 6.42 Å². The van der Waals surface area contributed by atoms with Crippen molar-refractivity contribution in [2.24, 2.45) is 0 Å². The predicted molar refractivity (Wildman–Crippen MR) is 37.6 cm³/mol. The Bertz CT molecular complexity index is 338. The lowest BCUT2D eigenvalue weighted by molar-refractivity contribution is 0.957. The fraction of sp³-hybridized carbons (Fsp3) is 0.143. The molecule has 1 aromatic rings. The highest BCUT2D eigenvalue weighted by molar-refractivity contribution is 5.57. The molecule has 0 aliphatic heterocycles. The van der Waals surface area contributed by atoms with E-state index < -0.39 is 0 Å². The Kier molecular flexibility index (Phi) is 0.974. The minimum Gasteiger partial charge on any atom is -0.268 e. The van der Waals surface area contributed by atoms with Crippen molar-refractivity contribution in [2.75, 3.05) is 0 Å². The number of rotatable bonds is 0. The van der Waals surface area contributed by atoms with Crippen molar-refractivity contribution in [3.63, 3.8) is 0 Å². The minimum atomic E-state index is -0.0671. The van der Waals surface area contributed by atoms with Crippen LogP contribution < -0.4 is 5.56 Å². The monoisotopic (exact) mass is 134 g/mol. The Morgan fingerprint density at radius 3 is 3.30 bits per heavy atom. The van der Waals surface area contributed by atoms with Crippen molar-refractivity contribution in [2.45, 2.75) is 6.42 Å². The molecule has 0 amide bonds. The topological polar surface area (TPSA) is 45.8 Å². The molecule has 1 heterocycles. The summed E-state index contributed by atoms with van der Waals surface area (Å²) in [6.07, 6.45) is 6.28. The molecule has 2 rings (SSSR count). The lowest BCUT2D eigenvalue weighted by Crippen LogP contribution is -2.12. The van der Waals surface area contributed by atoms with Crippen LogP contribution in [0.4, 0.5) is 0 Å². The van der Waals surface area contributed by atoms with Gasteiger partial charge in [-0.15, -0.1) is 0 Å². The maximum absolute atomic E-state index is 11.0. The minimum absolute atomic E-state index is 0.0671. The Morgan fingerprint density at radius 2 is 2.50 bits per heavy atom. The number of hydrogen-bond donors (Lipinski definition) is 1. The number of aromatic amines is 1. The Labute approximate surface area is 57.4 Å². The number of nitrogens with one attached hydrogen (secondary N) is 1. The summed E-state index contributed by atoms with van der Waals surface area (Å²) in [6, 6.07) is 0. The maximum Gasteiger partial charge on any atom is 0.268 e. The first-order valence-electron chi connectivity index (χ1n) is 3.11. The van der Waals surface area contributed by atoms with Gasteiger partial charge in [-0.3, -0.25) is 4.79 Å². The van der Waals surface area contributed by atoms with Gasteiger partial charge in [0, 0.05) is 11.1 Å². The molecule has 0 unspecified atom stereocenters. The molecule has 0 aromatic carbocycles. The Hall–Kier alpha value is -1.38. The summed E-state index contributed by atoms with van der Waals surface area (Å²) in [5.74, 6) is 0. The first-order chi connectivity index (χ1) is 4.88. The standard InChI is InChI=1S/C7H6N2O/c10-7-6-3-1-2-5(6)4-8-9-7/h1-2,4H,3H2,(H,9,10). The van der Waals surface area contributed by atoms with Crippen LogP contribution in [0.3, 0.4) is 0 Å². The van der Waals surface area contributed by atoms with Gasteiger partial charge in [-0.2, -0.15) is 5.10 Å². The highest BCUT2D eigenvalue weighted by Crippen LogP contribution is 2.12. The van der Waals surface area contributed by atoms with Gasteiger partial charge in [0.1, 0.15) is 0 Å². The molecule has 1 N–H and O–H groups in total. The molecule has 0 radical (unpaired) electrons. The summed E-state index contributed by atoms with van der Waals surface area (Å²) < 4.78 is 0. The number of aromatic nitrogens is 2. The quantitative estimate of drug-likeness (QED) is 0.556. The third-order valence-corrected chi connectivity index (χ3v) is 1.61. The lowest BCUT2D eigenvalue weighted by Gasteiger charge is -1.91. The summed E-state index contributed by atoms with van der Waals surface area (Å²) in [7, 11) is 0. The fourth-order valence-electron chi connectivity index (χ4n) is 1.09. The first-order valence-corrected chi connectivity index (χ1v) is 3.11. The van der Waals surface area contributed by atoms with Crippen molar-refractivity contribution < 1.29 is 0 Å². The summed E-state index contributed by atoms with van der Waals surface area (Å²) >= 11 is 0. The van der Waals surface area contributed by atoms with Crippen LogP contribution in [0.25, 0.3) is 6.08 Å². The van der Waals surface area contributed by atoms with E-state index in [9.17, 15) is 4.79 Å². The van der Waals surface area contributed by atoms with E-state index in [0.29, 0.717) is 0 Å². The van der Waals surface area contributed by atoms with Crippen LogP contribution in [-0.2, 0) is 6.42 Å². The number of hydrogen-bond acceptors (Lipinski definition) is 2. The first kappa shape index (κ1) is 5.41. The van der Waals surface area contributed by atoms with E-state index in [1.54, 1.807) is 6.20 Å². The number of fused-ring (bicyclic) bond motifs is 1. The average molecular weight is 134 g/mol. The van der Waals surface area contributed by atoms with Crippen molar-refractivity contribution in [3.8, 4) is 0 Å². The van der Waals surface area contributed by atoms with Crippen LogP contribution in [0.5, 0.6) is 0 Å². The van der Waals surface area contributed by atoms with E-state index in [-0.39, 0.29) is 5.56 Å². The molecule has 3 heteroatoms. The van der Waals surface area contributed by atoms with Gasteiger partial charge in [0.15, 0.2) is 0 Å². The SMILES string of the molecule is O=c1[nH]ncc2c1CC=C2. The van der Waals surface area contributed by atoms with Crippen LogP contribution in [0.2, 0.25) is 0 Å². The predicted octanol–water partition coefficient (Wildman–Crippen LogP) is 0.339. The van der Waals surface area contributed by atoms with Crippen LogP contribution in [0.15, 0.2) is 17.1 Å². The zero-order chi connectivity index (χ0) is 6.97. The molecule has 1 aromatic heterocycles. The summed E-state index contributed by atoms with van der Waals surface area (Å²) in [4.78, 5) is 11.0. The highest BCUT2D eigenvalue weighted by Gasteiger charge is 2.07. The van der Waals surface area contributed by atoms with Gasteiger partial charge in [-0.25, -0.2) is 5.10 Å². The number of H-pyrrole nitrogens is 1. The number of nitrogens with zero attached hydrogens (tertiary/aromatic N) is 1. The summed E-state index contributed by atoms with van der Waals surface area (Å²) in [6.45, 7) is 0. The van der Waals surface area contributed by atoms with E-state index in [0.717, 1.165) is 17.5 Å². The molecule has 0 saturated heterocycles. The summed E-state index contributed by atoms with van der Waals surface area (Å²) in [5, 5.41) is 6.05. The lowest BCUT2D eigenvalue weighted by atomic mass is 10.2. The van der Waals surface area contributed by atoms with E-state index in [2.05, 4.69) is 10.2 Å². The van der Waals surface area contributed by atoms with Crippen molar-refractivity contribution in [1.29, 1.82) is 0 Å². The molecule has 50 valence electrons. The molecular weight excluding hydrogens is 128 g/mol. The zero-order valence-corrected chi connectivity index (χ0v) is 5.29. The molecule has 0 atom stereocenters. The Morgan fingerprint density at radius 1 is 1.60 bits per heavy atom. The summed E-state index contributed by atoms with van der Waals surface area (Å²) in [5.41, 5.74) is 1.71. The molecule has 0 spiro atoms. The highest BCUT2D eigenvalue weighted by atomic mass is 16.1. The third-order valence-electron chi connectivity index (χ3n) is 1.61. The normalized spacial score (nSPS) is 13.6. The van der Waals surface area contributed by atoms with E-state index >= 15 is 0 Å². The van der Waals surface area contributed by atoms with Gasteiger partial charge in [0.05, 0.1) is 6.20 Å². The van der Waals surface area contributed by atoms with E-state index in [1.807, 2.05) is 12.2 Å². The van der Waals surface area contributed by atoms with Crippen LogP contribution in [0, 0.1) is 0 Å². The molecule has 1 aliphatic rings. The zero-order valence-electron chi connectivity index (χ0n) is 5.29. The average Bonchev–Trinajstić information content (AvgIpc) is 2.36. The molecule has 1 aliphatic carbocycles. The van der Waals surface area contributed by atoms with Gasteiger partial charge in [0.25, 0.3) is 5.56 Å². The molecule has 0 bridgehead atoms. The molecular formula is C7H6N2O. The van der Waals surface area contributed by atoms with E-state index in [1.165, 1.54) is 0 Å². The Balaban J connectivity index is 2.77. The molecule has 0 fully saturated rings. The van der Waals surface area contributed by atoms with Crippen LogP contribution in [-0.4, -0.2) is 10.2 Å². The molecule has 3 nitrogen and oxygen atoms in total. The van der Waals surface area contributed by atoms with Crippen LogP contribution >= 0.6 is 0 Å². The molecule has 0 saturated carbocycles. The second kappa shape index (κ2) is 1.80. The van der Waals surface area contributed by atoms with Gasteiger partial charge in [0.2, 0.25) is 0 Å². The van der Waals surface area contributed by atoms with Gasteiger partial charge >= 0.3 is 0 Å². The van der Waals surface area contributed by atoms with E-state index in [4.69, 9.17) is 0 Å². The number of allylic oxidation sites excluding steroid dienone is 1. The smallest absolute Gasteiger partial charge is 0.268 e. The fourth-order valence-corrected chi connectivity index (χ4v) is 1.09. The largest absolute Gasteiger partial charge is 0.268 e. The third kappa shape index (κ3) is 0.603. The maximum atomic E-state index is 11.0. The van der Waals surface area contributed by atoms with Crippen molar-refractivity contribution >= 4 is 6.08 Å². The van der Waals surface area contributed by atoms with Gasteiger partial charge < -0.3 is 0 Å². The van der Waals surface area contributed by atoms with Crippen molar-refractivity contribution in [3.05, 3.63) is 33.8 Å². The van der Waals surface area contributed by atoms with Crippen molar-refractivity contribution in [1.82, 2.24) is 10.2 Å². The van der Waals surface area contributed by atoms with Gasteiger partial charge in [-0.1, -0.05) is 12.2 Å².